The van der Waals surface area contributed by atoms with Crippen molar-refractivity contribution in [2.45, 2.75) is 45.5 Å². The van der Waals surface area contributed by atoms with E-state index in [9.17, 15) is 22.4 Å². The topological polar surface area (TPSA) is 73.1 Å². The molecule has 1 fully saturated rings. The van der Waals surface area contributed by atoms with Gasteiger partial charge in [0.05, 0.1) is 12.2 Å². The van der Waals surface area contributed by atoms with Crippen LogP contribution in [0.15, 0.2) is 53.6 Å². The monoisotopic (exact) mass is 527 g/mol. The number of benzene rings is 1. The molecule has 4 heterocycles. The van der Waals surface area contributed by atoms with Crippen LogP contribution in [-0.4, -0.2) is 39.0 Å². The summed E-state index contributed by atoms with van der Waals surface area (Å²) in [7, 11) is 0. The minimum Gasteiger partial charge on any atom is -0.404 e. The normalized spacial score (nSPS) is 14.7. The first-order valence-corrected chi connectivity index (χ1v) is 12.2. The third-order valence-electron chi connectivity index (χ3n) is 6.80. The lowest BCUT2D eigenvalue weighted by atomic mass is 9.89. The van der Waals surface area contributed by atoms with Crippen LogP contribution in [0.1, 0.15) is 41.4 Å². The maximum absolute atomic E-state index is 14.5. The zero-order valence-corrected chi connectivity index (χ0v) is 20.8. The van der Waals surface area contributed by atoms with Crippen molar-refractivity contribution in [3.63, 3.8) is 0 Å². The van der Waals surface area contributed by atoms with Gasteiger partial charge >= 0.3 is 6.36 Å². The van der Waals surface area contributed by atoms with Crippen molar-refractivity contribution in [3.05, 3.63) is 87.6 Å². The zero-order valence-electron chi connectivity index (χ0n) is 20.8. The lowest BCUT2D eigenvalue weighted by Gasteiger charge is -2.34. The zero-order chi connectivity index (χ0) is 27.0. The van der Waals surface area contributed by atoms with Gasteiger partial charge in [0.1, 0.15) is 23.0 Å². The number of aryl methyl sites for hydroxylation is 2. The van der Waals surface area contributed by atoms with E-state index in [1.807, 2.05) is 17.9 Å². The molecule has 0 atom stereocenters. The Hall–Kier alpha value is -4.02. The number of hydrogen-bond acceptors (Lipinski definition) is 6. The van der Waals surface area contributed by atoms with Crippen LogP contribution >= 0.6 is 0 Å². The fraction of sp³-hybridized carbons (Fsp3) is 0.333. The molecule has 0 spiro atoms. The SMILES string of the molecule is Cc1ncc2cc(C3CCN(c4c(C)cccc4F)CC3)c(=O)n(Cc3ncccc3OC(F)(F)F)c2n1. The molecule has 1 aliphatic rings. The number of aromatic nitrogens is 4. The lowest BCUT2D eigenvalue weighted by Crippen LogP contribution is -2.36. The second-order valence-corrected chi connectivity index (χ2v) is 9.35. The van der Waals surface area contributed by atoms with Crippen LogP contribution in [0.5, 0.6) is 5.75 Å². The summed E-state index contributed by atoms with van der Waals surface area (Å²) in [5.41, 5.74) is 1.82. The summed E-state index contributed by atoms with van der Waals surface area (Å²) in [5.74, 6) is -0.474. The number of pyridine rings is 2. The smallest absolute Gasteiger partial charge is 0.404 e. The minimum atomic E-state index is -4.91. The number of hydrogen-bond donors (Lipinski definition) is 0. The van der Waals surface area contributed by atoms with E-state index in [0.717, 1.165) is 11.6 Å². The summed E-state index contributed by atoms with van der Waals surface area (Å²) < 4.78 is 59.0. The van der Waals surface area contributed by atoms with Crippen LogP contribution < -0.4 is 15.2 Å². The average Bonchev–Trinajstić information content (AvgIpc) is 2.86. The van der Waals surface area contributed by atoms with Crippen molar-refractivity contribution >= 4 is 16.7 Å². The molecule has 0 N–H and O–H groups in total. The molecule has 11 heteroatoms. The van der Waals surface area contributed by atoms with E-state index in [1.165, 1.54) is 22.9 Å². The number of fused-ring (bicyclic) bond motifs is 1. The molecule has 0 radical (unpaired) electrons. The maximum Gasteiger partial charge on any atom is 0.573 e. The van der Waals surface area contributed by atoms with Gasteiger partial charge in [0.15, 0.2) is 5.75 Å². The highest BCUT2D eigenvalue weighted by atomic mass is 19.4. The van der Waals surface area contributed by atoms with E-state index in [-0.39, 0.29) is 29.5 Å². The van der Waals surface area contributed by atoms with Gasteiger partial charge in [0.25, 0.3) is 5.56 Å². The summed E-state index contributed by atoms with van der Waals surface area (Å²) in [4.78, 5) is 28.5. The third kappa shape index (κ3) is 5.18. The molecule has 0 bridgehead atoms. The molecule has 38 heavy (non-hydrogen) atoms. The predicted molar refractivity (Wildman–Crippen MR) is 134 cm³/mol. The van der Waals surface area contributed by atoms with Crippen LogP contribution in [-0.2, 0) is 6.54 Å². The van der Waals surface area contributed by atoms with Crippen LogP contribution in [0.3, 0.4) is 0 Å². The number of halogens is 4. The number of alkyl halides is 3. The second kappa shape index (κ2) is 10.0. The van der Waals surface area contributed by atoms with Crippen LogP contribution in [0, 0.1) is 19.7 Å². The number of rotatable bonds is 5. The van der Waals surface area contributed by atoms with Gasteiger partial charge in [0.2, 0.25) is 0 Å². The summed E-state index contributed by atoms with van der Waals surface area (Å²) in [6, 6.07) is 9.23. The molecule has 1 aliphatic heterocycles. The van der Waals surface area contributed by atoms with E-state index >= 15 is 0 Å². The average molecular weight is 528 g/mol. The Balaban J connectivity index is 1.51. The highest BCUT2D eigenvalue weighted by Crippen LogP contribution is 2.33. The Labute approximate surface area is 215 Å². The van der Waals surface area contributed by atoms with E-state index in [1.54, 1.807) is 25.3 Å². The number of piperidine rings is 1. The molecule has 3 aromatic heterocycles. The third-order valence-corrected chi connectivity index (χ3v) is 6.80. The molecule has 1 saturated heterocycles. The molecule has 0 amide bonds. The first kappa shape index (κ1) is 25.6. The van der Waals surface area contributed by atoms with Crippen LogP contribution in [0.4, 0.5) is 23.2 Å². The Morgan fingerprint density at radius 2 is 1.84 bits per heavy atom. The number of anilines is 1. The van der Waals surface area contributed by atoms with Crippen LogP contribution in [0.25, 0.3) is 11.0 Å². The van der Waals surface area contributed by atoms with E-state index < -0.39 is 12.1 Å². The van der Waals surface area contributed by atoms with Gasteiger partial charge in [-0.05, 0) is 62.4 Å². The van der Waals surface area contributed by atoms with Gasteiger partial charge in [-0.2, -0.15) is 0 Å². The van der Waals surface area contributed by atoms with Gasteiger partial charge in [-0.15, -0.1) is 13.2 Å². The van der Waals surface area contributed by atoms with Crippen molar-refractivity contribution in [1.82, 2.24) is 19.5 Å². The fourth-order valence-electron chi connectivity index (χ4n) is 5.05. The van der Waals surface area contributed by atoms with E-state index in [4.69, 9.17) is 0 Å². The summed E-state index contributed by atoms with van der Waals surface area (Å²) in [6.07, 6.45) is -0.757. The molecule has 0 saturated carbocycles. The van der Waals surface area contributed by atoms with Gasteiger partial charge in [-0.3, -0.25) is 14.3 Å². The molecule has 0 unspecified atom stereocenters. The summed E-state index contributed by atoms with van der Waals surface area (Å²) in [6.45, 7) is 4.37. The minimum absolute atomic E-state index is 0.0495. The van der Waals surface area contributed by atoms with Gasteiger partial charge < -0.3 is 9.64 Å². The van der Waals surface area contributed by atoms with Crippen molar-refractivity contribution in [2.75, 3.05) is 18.0 Å². The lowest BCUT2D eigenvalue weighted by molar-refractivity contribution is -0.275. The molecule has 7 nitrogen and oxygen atoms in total. The largest absolute Gasteiger partial charge is 0.573 e. The highest BCUT2D eigenvalue weighted by molar-refractivity contribution is 5.75. The fourth-order valence-corrected chi connectivity index (χ4v) is 5.05. The Morgan fingerprint density at radius 3 is 2.55 bits per heavy atom. The molecular formula is C27H25F4N5O2. The maximum atomic E-state index is 14.5. The van der Waals surface area contributed by atoms with Gasteiger partial charge in [-0.1, -0.05) is 12.1 Å². The first-order valence-electron chi connectivity index (χ1n) is 12.2. The Bertz CT molecular complexity index is 1530. The van der Waals surface area contributed by atoms with Crippen molar-refractivity contribution in [1.29, 1.82) is 0 Å². The van der Waals surface area contributed by atoms with E-state index in [2.05, 4.69) is 19.7 Å². The number of nitrogens with zero attached hydrogens (tertiary/aromatic N) is 5. The second-order valence-electron chi connectivity index (χ2n) is 9.35. The summed E-state index contributed by atoms with van der Waals surface area (Å²) in [5, 5.41) is 0.590. The van der Waals surface area contributed by atoms with Crippen molar-refractivity contribution in [3.8, 4) is 5.75 Å². The van der Waals surface area contributed by atoms with Crippen molar-refractivity contribution in [2.24, 2.45) is 0 Å². The highest BCUT2D eigenvalue weighted by Gasteiger charge is 2.33. The predicted octanol–water partition coefficient (Wildman–Crippen LogP) is 5.27. The Kier molecular flexibility index (Phi) is 6.77. The number of ether oxygens (including phenoxy) is 1. The first-order chi connectivity index (χ1) is 18.1. The standard InChI is InChI=1S/C27H25F4N5O2/c1-16-5-3-6-21(28)24(16)35-11-8-18(9-12-35)20-13-19-14-33-17(2)34-25(19)36(26(20)37)15-22-23(7-4-10-32-22)38-27(29,30)31/h3-7,10,13-14,18H,8-9,11-12,15H2,1-2H3. The molecule has 5 rings (SSSR count). The molecule has 1 aromatic carbocycles. The van der Waals surface area contributed by atoms with Crippen molar-refractivity contribution < 1.29 is 22.3 Å². The molecule has 198 valence electrons. The summed E-state index contributed by atoms with van der Waals surface area (Å²) >= 11 is 0. The molecule has 0 aliphatic carbocycles. The van der Waals surface area contributed by atoms with E-state index in [0.29, 0.717) is 54.0 Å². The molecule has 4 aromatic rings. The molecular weight excluding hydrogens is 502 g/mol. The quantitative estimate of drug-likeness (QED) is 0.329. The van der Waals surface area contributed by atoms with Crippen LogP contribution in [0.2, 0.25) is 0 Å². The Morgan fingerprint density at radius 1 is 1.08 bits per heavy atom. The van der Waals surface area contributed by atoms with Gasteiger partial charge in [0, 0.05) is 36.4 Å². The van der Waals surface area contributed by atoms with Gasteiger partial charge in [-0.25, -0.2) is 14.4 Å². The number of para-hydroxylation sites is 1.